The molecule has 1 saturated heterocycles. The van der Waals surface area contributed by atoms with E-state index in [2.05, 4.69) is 54.4 Å². The summed E-state index contributed by atoms with van der Waals surface area (Å²) in [6, 6.07) is 6.65. The lowest BCUT2D eigenvalue weighted by Crippen LogP contribution is -2.51. The summed E-state index contributed by atoms with van der Waals surface area (Å²) in [7, 11) is 3.91. The van der Waals surface area contributed by atoms with E-state index in [9.17, 15) is 0 Å². The normalized spacial score (nSPS) is 19.4. The molecule has 0 aromatic heterocycles. The summed E-state index contributed by atoms with van der Waals surface area (Å²) in [5.74, 6) is 0.967. The summed E-state index contributed by atoms with van der Waals surface area (Å²) in [5, 5.41) is 2.31. The Morgan fingerprint density at radius 1 is 1.21 bits per heavy atom. The van der Waals surface area contributed by atoms with E-state index in [4.69, 9.17) is 4.74 Å². The zero-order chi connectivity index (χ0) is 13.8. The Morgan fingerprint density at radius 3 is 2.53 bits per heavy atom. The van der Waals surface area contributed by atoms with Gasteiger partial charge in [-0.15, -0.1) is 0 Å². The van der Waals surface area contributed by atoms with Crippen molar-refractivity contribution in [1.29, 1.82) is 0 Å². The van der Waals surface area contributed by atoms with Gasteiger partial charge in [-0.05, 0) is 32.5 Å². The number of hydrogen-bond acceptors (Lipinski definition) is 4. The number of nitrogens with one attached hydrogen (secondary N) is 1. The summed E-state index contributed by atoms with van der Waals surface area (Å²) in [6.45, 7) is 8.63. The van der Waals surface area contributed by atoms with Gasteiger partial charge in [0.2, 0.25) is 0 Å². The SMILES string of the molecule is COc1cc(C)ccc1C(C)NN1CCN(C)CC1. The molecule has 0 aliphatic carbocycles. The highest BCUT2D eigenvalue weighted by Gasteiger charge is 2.18. The lowest BCUT2D eigenvalue weighted by Gasteiger charge is -2.35. The lowest BCUT2D eigenvalue weighted by molar-refractivity contribution is 0.0894. The monoisotopic (exact) mass is 263 g/mol. The maximum absolute atomic E-state index is 5.49. The van der Waals surface area contributed by atoms with Gasteiger partial charge in [0.25, 0.3) is 0 Å². The second-order valence-corrected chi connectivity index (χ2v) is 5.39. The quantitative estimate of drug-likeness (QED) is 0.897. The topological polar surface area (TPSA) is 27.7 Å². The summed E-state index contributed by atoms with van der Waals surface area (Å²) < 4.78 is 5.49. The molecule has 1 unspecified atom stereocenters. The van der Waals surface area contributed by atoms with Crippen molar-refractivity contribution in [1.82, 2.24) is 15.3 Å². The number of rotatable bonds is 4. The van der Waals surface area contributed by atoms with Gasteiger partial charge < -0.3 is 9.64 Å². The Labute approximate surface area is 116 Å². The molecule has 0 spiro atoms. The van der Waals surface area contributed by atoms with Crippen LogP contribution in [0.4, 0.5) is 0 Å². The minimum atomic E-state index is 0.263. The smallest absolute Gasteiger partial charge is 0.123 e. The Kier molecular flexibility index (Phi) is 4.80. The van der Waals surface area contributed by atoms with Crippen LogP contribution >= 0.6 is 0 Å². The third-order valence-corrected chi connectivity index (χ3v) is 3.73. The van der Waals surface area contributed by atoms with Crippen molar-refractivity contribution in [3.05, 3.63) is 29.3 Å². The van der Waals surface area contributed by atoms with E-state index in [1.807, 2.05) is 0 Å². The number of hydrazine groups is 1. The van der Waals surface area contributed by atoms with Crippen LogP contribution in [0.25, 0.3) is 0 Å². The summed E-state index contributed by atoms with van der Waals surface area (Å²) in [6.07, 6.45) is 0. The second kappa shape index (κ2) is 6.37. The first-order valence-corrected chi connectivity index (χ1v) is 6.94. The standard InChI is InChI=1S/C15H25N3O/c1-12-5-6-14(15(11-12)19-4)13(2)16-18-9-7-17(3)8-10-18/h5-6,11,13,16H,7-10H2,1-4H3. The molecular weight excluding hydrogens is 238 g/mol. The number of hydrogen-bond donors (Lipinski definition) is 1. The van der Waals surface area contributed by atoms with E-state index >= 15 is 0 Å². The van der Waals surface area contributed by atoms with Crippen LogP contribution < -0.4 is 10.2 Å². The molecule has 0 radical (unpaired) electrons. The molecule has 0 saturated carbocycles. The number of methoxy groups -OCH3 is 1. The van der Waals surface area contributed by atoms with Crippen molar-refractivity contribution in [2.45, 2.75) is 19.9 Å². The molecule has 1 aromatic rings. The van der Waals surface area contributed by atoms with Crippen molar-refractivity contribution in [2.24, 2.45) is 0 Å². The molecule has 2 rings (SSSR count). The minimum Gasteiger partial charge on any atom is -0.496 e. The molecule has 4 nitrogen and oxygen atoms in total. The van der Waals surface area contributed by atoms with Crippen molar-refractivity contribution in [3.8, 4) is 5.75 Å². The average molecular weight is 263 g/mol. The molecule has 1 fully saturated rings. The van der Waals surface area contributed by atoms with Crippen molar-refractivity contribution in [2.75, 3.05) is 40.3 Å². The summed E-state index contributed by atoms with van der Waals surface area (Å²) >= 11 is 0. The van der Waals surface area contributed by atoms with Gasteiger partial charge in [0.05, 0.1) is 7.11 Å². The van der Waals surface area contributed by atoms with Crippen molar-refractivity contribution in [3.63, 3.8) is 0 Å². The van der Waals surface area contributed by atoms with Gasteiger partial charge in [0, 0.05) is 37.8 Å². The zero-order valence-electron chi connectivity index (χ0n) is 12.4. The Bertz CT molecular complexity index is 414. The fraction of sp³-hybridized carbons (Fsp3) is 0.600. The molecule has 0 bridgehead atoms. The van der Waals surface area contributed by atoms with Crippen LogP contribution in [0.2, 0.25) is 0 Å². The molecular formula is C15H25N3O. The van der Waals surface area contributed by atoms with E-state index in [1.165, 1.54) is 11.1 Å². The fourth-order valence-corrected chi connectivity index (χ4v) is 2.46. The van der Waals surface area contributed by atoms with E-state index < -0.39 is 0 Å². The third kappa shape index (κ3) is 3.69. The highest BCUT2D eigenvalue weighted by atomic mass is 16.5. The van der Waals surface area contributed by atoms with E-state index in [-0.39, 0.29) is 6.04 Å². The van der Waals surface area contributed by atoms with Crippen molar-refractivity contribution < 1.29 is 4.74 Å². The number of likely N-dealkylation sites (N-methyl/N-ethyl adjacent to an activating group) is 1. The maximum Gasteiger partial charge on any atom is 0.123 e. The largest absolute Gasteiger partial charge is 0.496 e. The maximum atomic E-state index is 5.49. The Morgan fingerprint density at radius 2 is 1.89 bits per heavy atom. The number of nitrogens with zero attached hydrogens (tertiary/aromatic N) is 2. The van der Waals surface area contributed by atoms with Gasteiger partial charge in [-0.25, -0.2) is 10.4 Å². The Balaban J connectivity index is 2.01. The highest BCUT2D eigenvalue weighted by Crippen LogP contribution is 2.26. The van der Waals surface area contributed by atoms with Gasteiger partial charge in [-0.1, -0.05) is 12.1 Å². The third-order valence-electron chi connectivity index (χ3n) is 3.73. The minimum absolute atomic E-state index is 0.263. The van der Waals surface area contributed by atoms with E-state index in [1.54, 1.807) is 7.11 Å². The van der Waals surface area contributed by atoms with Crippen LogP contribution in [0.15, 0.2) is 18.2 Å². The fourth-order valence-electron chi connectivity index (χ4n) is 2.46. The first kappa shape index (κ1) is 14.3. The van der Waals surface area contributed by atoms with Gasteiger partial charge in [0.1, 0.15) is 5.75 Å². The predicted molar refractivity (Wildman–Crippen MR) is 78.4 cm³/mol. The van der Waals surface area contributed by atoms with Gasteiger partial charge in [-0.2, -0.15) is 0 Å². The number of benzene rings is 1. The Hall–Kier alpha value is -1.10. The first-order chi connectivity index (χ1) is 9.10. The zero-order valence-corrected chi connectivity index (χ0v) is 12.4. The first-order valence-electron chi connectivity index (χ1n) is 6.94. The molecule has 1 N–H and O–H groups in total. The van der Waals surface area contributed by atoms with Gasteiger partial charge in [-0.3, -0.25) is 0 Å². The molecule has 1 aromatic carbocycles. The number of aryl methyl sites for hydroxylation is 1. The molecule has 1 aliphatic heterocycles. The van der Waals surface area contributed by atoms with Crippen LogP contribution in [0.1, 0.15) is 24.1 Å². The second-order valence-electron chi connectivity index (χ2n) is 5.39. The van der Waals surface area contributed by atoms with Gasteiger partial charge >= 0.3 is 0 Å². The van der Waals surface area contributed by atoms with Crippen LogP contribution in [0.5, 0.6) is 5.75 Å². The summed E-state index contributed by atoms with van der Waals surface area (Å²) in [5.41, 5.74) is 6.02. The van der Waals surface area contributed by atoms with E-state index in [0.29, 0.717) is 0 Å². The molecule has 0 amide bonds. The lowest BCUT2D eigenvalue weighted by atomic mass is 10.1. The van der Waals surface area contributed by atoms with Gasteiger partial charge in [0.15, 0.2) is 0 Å². The van der Waals surface area contributed by atoms with E-state index in [0.717, 1.165) is 31.9 Å². The highest BCUT2D eigenvalue weighted by molar-refractivity contribution is 5.38. The van der Waals surface area contributed by atoms with Crippen LogP contribution in [-0.4, -0.2) is 50.2 Å². The summed E-state index contributed by atoms with van der Waals surface area (Å²) in [4.78, 5) is 2.36. The average Bonchev–Trinajstić information content (AvgIpc) is 2.41. The van der Waals surface area contributed by atoms with Crippen LogP contribution in [0.3, 0.4) is 0 Å². The molecule has 1 aliphatic rings. The number of ether oxygens (including phenoxy) is 1. The molecule has 106 valence electrons. The molecule has 1 heterocycles. The molecule has 1 atom stereocenters. The van der Waals surface area contributed by atoms with Crippen LogP contribution in [0, 0.1) is 6.92 Å². The molecule has 19 heavy (non-hydrogen) atoms. The molecule has 4 heteroatoms. The van der Waals surface area contributed by atoms with Crippen LogP contribution in [-0.2, 0) is 0 Å². The number of piperazine rings is 1. The van der Waals surface area contributed by atoms with Crippen molar-refractivity contribution >= 4 is 0 Å². The predicted octanol–water partition coefficient (Wildman–Crippen LogP) is 1.82.